The molecule has 0 saturated carbocycles. The number of thiophene rings is 1. The largest absolute Gasteiger partial charge is 0.443 e. The minimum absolute atomic E-state index is 0.488. The first-order valence-electron chi connectivity index (χ1n) is 8.65. The minimum atomic E-state index is 0.488. The van der Waals surface area contributed by atoms with E-state index in [9.17, 15) is 0 Å². The molecular formula is C17H25N5O2S. The third kappa shape index (κ3) is 5.55. The van der Waals surface area contributed by atoms with Gasteiger partial charge in [0.15, 0.2) is 5.96 Å². The Kier molecular flexibility index (Phi) is 6.84. The molecular weight excluding hydrogens is 338 g/mol. The maximum atomic E-state index is 5.53. The van der Waals surface area contributed by atoms with Crippen LogP contribution in [0.1, 0.15) is 12.6 Å². The van der Waals surface area contributed by atoms with E-state index >= 15 is 0 Å². The molecule has 1 aliphatic heterocycles. The van der Waals surface area contributed by atoms with E-state index in [1.54, 1.807) is 17.6 Å². The van der Waals surface area contributed by atoms with E-state index in [2.05, 4.69) is 32.4 Å². The van der Waals surface area contributed by atoms with Crippen molar-refractivity contribution in [2.24, 2.45) is 4.99 Å². The lowest BCUT2D eigenvalue weighted by molar-refractivity contribution is 0.0389. The SMILES string of the molecule is CCNC(=NCc1coc(-c2cccs2)n1)NCCN1CCOCC1. The van der Waals surface area contributed by atoms with Gasteiger partial charge in [-0.05, 0) is 18.4 Å². The van der Waals surface area contributed by atoms with Crippen molar-refractivity contribution in [3.05, 3.63) is 29.5 Å². The van der Waals surface area contributed by atoms with Crippen molar-refractivity contribution in [2.75, 3.05) is 45.9 Å². The first-order valence-corrected chi connectivity index (χ1v) is 9.53. The van der Waals surface area contributed by atoms with E-state index in [1.807, 2.05) is 17.5 Å². The number of nitrogens with zero attached hydrogens (tertiary/aromatic N) is 3. The van der Waals surface area contributed by atoms with Crippen molar-refractivity contribution in [3.63, 3.8) is 0 Å². The molecule has 0 bridgehead atoms. The topological polar surface area (TPSA) is 74.9 Å². The lowest BCUT2D eigenvalue weighted by Gasteiger charge is -2.26. The molecule has 8 heteroatoms. The first-order chi connectivity index (χ1) is 12.3. The van der Waals surface area contributed by atoms with Gasteiger partial charge < -0.3 is 19.8 Å². The lowest BCUT2D eigenvalue weighted by atomic mass is 10.4. The molecule has 3 rings (SSSR count). The van der Waals surface area contributed by atoms with Crippen molar-refractivity contribution in [1.29, 1.82) is 0 Å². The second-order valence-electron chi connectivity index (χ2n) is 5.70. The van der Waals surface area contributed by atoms with Crippen LogP contribution < -0.4 is 10.6 Å². The van der Waals surface area contributed by atoms with Crippen LogP contribution >= 0.6 is 11.3 Å². The van der Waals surface area contributed by atoms with Crippen LogP contribution in [0.25, 0.3) is 10.8 Å². The summed E-state index contributed by atoms with van der Waals surface area (Å²) in [6, 6.07) is 3.99. The van der Waals surface area contributed by atoms with Gasteiger partial charge >= 0.3 is 0 Å². The summed E-state index contributed by atoms with van der Waals surface area (Å²) in [5.74, 6) is 1.46. The number of hydrogen-bond donors (Lipinski definition) is 2. The van der Waals surface area contributed by atoms with Gasteiger partial charge in [-0.15, -0.1) is 11.3 Å². The number of nitrogens with one attached hydrogen (secondary N) is 2. The number of morpholine rings is 1. The van der Waals surface area contributed by atoms with Gasteiger partial charge in [0.05, 0.1) is 24.6 Å². The average Bonchev–Trinajstić information content (AvgIpc) is 3.32. The third-order valence-electron chi connectivity index (χ3n) is 3.85. The molecule has 1 fully saturated rings. The van der Waals surface area contributed by atoms with Crippen LogP contribution in [0.4, 0.5) is 0 Å². The molecule has 0 spiro atoms. The molecule has 2 aromatic heterocycles. The number of guanidine groups is 1. The Morgan fingerprint density at radius 1 is 1.36 bits per heavy atom. The fraction of sp³-hybridized carbons (Fsp3) is 0.529. The molecule has 7 nitrogen and oxygen atoms in total. The Labute approximate surface area is 152 Å². The highest BCUT2D eigenvalue weighted by Crippen LogP contribution is 2.23. The summed E-state index contributed by atoms with van der Waals surface area (Å²) in [6.45, 7) is 8.86. The van der Waals surface area contributed by atoms with Crippen LogP contribution in [0.15, 0.2) is 33.2 Å². The smallest absolute Gasteiger partial charge is 0.236 e. The number of aromatic nitrogens is 1. The van der Waals surface area contributed by atoms with Crippen LogP contribution in [0.5, 0.6) is 0 Å². The zero-order valence-electron chi connectivity index (χ0n) is 14.5. The molecule has 136 valence electrons. The summed E-state index contributed by atoms with van der Waals surface area (Å²) in [4.78, 5) is 12.5. The summed E-state index contributed by atoms with van der Waals surface area (Å²) in [5, 5.41) is 8.65. The van der Waals surface area contributed by atoms with E-state index in [4.69, 9.17) is 9.15 Å². The maximum absolute atomic E-state index is 5.53. The van der Waals surface area contributed by atoms with Crippen LogP contribution in [0.3, 0.4) is 0 Å². The fourth-order valence-electron chi connectivity index (χ4n) is 2.55. The average molecular weight is 363 g/mol. The normalized spacial score (nSPS) is 16.1. The Balaban J connectivity index is 1.49. The molecule has 0 atom stereocenters. The minimum Gasteiger partial charge on any atom is -0.443 e. The van der Waals surface area contributed by atoms with Gasteiger partial charge in [0.25, 0.3) is 0 Å². The summed E-state index contributed by atoms with van der Waals surface area (Å²) < 4.78 is 10.9. The Morgan fingerprint density at radius 2 is 2.24 bits per heavy atom. The van der Waals surface area contributed by atoms with Gasteiger partial charge in [0.1, 0.15) is 12.0 Å². The maximum Gasteiger partial charge on any atom is 0.236 e. The Hall–Kier alpha value is -1.90. The quantitative estimate of drug-likeness (QED) is 0.577. The van der Waals surface area contributed by atoms with Gasteiger partial charge in [-0.2, -0.15) is 0 Å². The third-order valence-corrected chi connectivity index (χ3v) is 4.71. The standard InChI is InChI=1S/C17H25N5O2S/c1-2-18-17(19-5-6-22-7-9-23-10-8-22)20-12-14-13-24-16(21-14)15-4-3-11-25-15/h3-4,11,13H,2,5-10,12H2,1H3,(H2,18,19,20). The van der Waals surface area contributed by atoms with Crippen LogP contribution in [-0.4, -0.2) is 61.8 Å². The highest BCUT2D eigenvalue weighted by Gasteiger charge is 2.10. The molecule has 1 saturated heterocycles. The molecule has 0 radical (unpaired) electrons. The molecule has 0 aliphatic carbocycles. The number of hydrogen-bond acceptors (Lipinski definition) is 6. The summed E-state index contributed by atoms with van der Waals surface area (Å²) in [7, 11) is 0. The Bertz CT molecular complexity index is 650. The van der Waals surface area contributed by atoms with Crippen molar-refractivity contribution < 1.29 is 9.15 Å². The molecule has 2 aromatic rings. The lowest BCUT2D eigenvalue weighted by Crippen LogP contribution is -2.44. The van der Waals surface area contributed by atoms with E-state index in [0.29, 0.717) is 12.4 Å². The summed E-state index contributed by atoms with van der Waals surface area (Å²) in [5.41, 5.74) is 0.828. The van der Waals surface area contributed by atoms with Gasteiger partial charge in [-0.1, -0.05) is 6.07 Å². The monoisotopic (exact) mass is 363 g/mol. The molecule has 0 unspecified atom stereocenters. The Morgan fingerprint density at radius 3 is 3.00 bits per heavy atom. The van der Waals surface area contributed by atoms with Gasteiger partial charge in [0, 0.05) is 32.7 Å². The first kappa shape index (κ1) is 17.9. The zero-order chi connectivity index (χ0) is 17.3. The second-order valence-corrected chi connectivity index (χ2v) is 6.64. The van der Waals surface area contributed by atoms with E-state index in [0.717, 1.165) is 62.5 Å². The van der Waals surface area contributed by atoms with Crippen LogP contribution in [0.2, 0.25) is 0 Å². The molecule has 3 heterocycles. The van der Waals surface area contributed by atoms with E-state index in [-0.39, 0.29) is 0 Å². The van der Waals surface area contributed by atoms with Gasteiger partial charge in [0.2, 0.25) is 5.89 Å². The summed E-state index contributed by atoms with van der Waals surface area (Å²) in [6.07, 6.45) is 1.68. The number of oxazole rings is 1. The molecule has 0 amide bonds. The van der Waals surface area contributed by atoms with Crippen molar-refractivity contribution in [1.82, 2.24) is 20.5 Å². The van der Waals surface area contributed by atoms with Crippen molar-refractivity contribution in [2.45, 2.75) is 13.5 Å². The highest BCUT2D eigenvalue weighted by atomic mass is 32.1. The van der Waals surface area contributed by atoms with Gasteiger partial charge in [-0.25, -0.2) is 9.98 Å². The zero-order valence-corrected chi connectivity index (χ0v) is 15.3. The molecule has 1 aliphatic rings. The fourth-order valence-corrected chi connectivity index (χ4v) is 3.21. The predicted octanol–water partition coefficient (Wildman–Crippen LogP) is 1.79. The van der Waals surface area contributed by atoms with E-state index < -0.39 is 0 Å². The predicted molar refractivity (Wildman–Crippen MR) is 99.9 cm³/mol. The number of rotatable bonds is 7. The number of ether oxygens (including phenoxy) is 1. The molecule has 25 heavy (non-hydrogen) atoms. The van der Waals surface area contributed by atoms with Gasteiger partial charge in [-0.3, -0.25) is 4.90 Å². The second kappa shape index (κ2) is 9.55. The van der Waals surface area contributed by atoms with E-state index in [1.165, 1.54) is 0 Å². The molecule has 2 N–H and O–H groups in total. The van der Waals surface area contributed by atoms with Crippen molar-refractivity contribution >= 4 is 17.3 Å². The number of aliphatic imine (C=N–C) groups is 1. The highest BCUT2D eigenvalue weighted by molar-refractivity contribution is 7.13. The van der Waals surface area contributed by atoms with Crippen LogP contribution in [-0.2, 0) is 11.3 Å². The summed E-state index contributed by atoms with van der Waals surface area (Å²) >= 11 is 1.62. The molecule has 0 aromatic carbocycles. The van der Waals surface area contributed by atoms with Crippen molar-refractivity contribution in [3.8, 4) is 10.8 Å². The van der Waals surface area contributed by atoms with Crippen LogP contribution in [0, 0.1) is 0 Å².